The van der Waals surface area contributed by atoms with Gasteiger partial charge in [-0.15, -0.1) is 0 Å². The van der Waals surface area contributed by atoms with Gasteiger partial charge in [-0.1, -0.05) is 53.7 Å². The predicted molar refractivity (Wildman–Crippen MR) is 123 cm³/mol. The molecule has 0 saturated heterocycles. The van der Waals surface area contributed by atoms with Gasteiger partial charge in [-0.05, 0) is 24.3 Å². The standard InChI is InChI=1S/C26H19N3O5/c1-32-21-15-17(11-12-20(21)33-14-13-27)23-22(24(30)16-7-3-2-4-8-16)26(34-29-23)18-9-5-6-10-19(18)28-25(26)31/h2-12,15,22H,14H2,1H3,(H,28,31). The van der Waals surface area contributed by atoms with Gasteiger partial charge in [-0.3, -0.25) is 9.59 Å². The first kappa shape index (κ1) is 21.2. The fraction of sp³-hybridized carbons (Fsp3) is 0.154. The van der Waals surface area contributed by atoms with Crippen molar-refractivity contribution < 1.29 is 23.9 Å². The van der Waals surface area contributed by atoms with Gasteiger partial charge >= 0.3 is 0 Å². The molecule has 0 radical (unpaired) electrons. The van der Waals surface area contributed by atoms with Crippen LogP contribution in [0.2, 0.25) is 0 Å². The summed E-state index contributed by atoms with van der Waals surface area (Å²) < 4.78 is 10.8. The van der Waals surface area contributed by atoms with Crippen molar-refractivity contribution in [3.63, 3.8) is 0 Å². The highest BCUT2D eigenvalue weighted by Crippen LogP contribution is 2.50. The van der Waals surface area contributed by atoms with E-state index in [1.807, 2.05) is 12.1 Å². The maximum Gasteiger partial charge on any atom is 0.277 e. The van der Waals surface area contributed by atoms with Gasteiger partial charge in [0.15, 0.2) is 23.9 Å². The number of amides is 1. The molecule has 2 atom stereocenters. The van der Waals surface area contributed by atoms with Gasteiger partial charge in [-0.2, -0.15) is 5.26 Å². The van der Waals surface area contributed by atoms with E-state index in [1.54, 1.807) is 66.7 Å². The van der Waals surface area contributed by atoms with Gasteiger partial charge in [0.25, 0.3) is 11.5 Å². The highest BCUT2D eigenvalue weighted by Gasteiger charge is 2.63. The topological polar surface area (TPSA) is 110 Å². The number of benzene rings is 3. The van der Waals surface area contributed by atoms with Crippen LogP contribution < -0.4 is 14.8 Å². The summed E-state index contributed by atoms with van der Waals surface area (Å²) in [5.41, 5.74) is 0.752. The number of carbonyl (C=O) groups is 2. The minimum Gasteiger partial charge on any atom is -0.493 e. The molecule has 0 bridgehead atoms. The average molecular weight is 453 g/mol. The lowest BCUT2D eigenvalue weighted by atomic mass is 9.74. The Morgan fingerprint density at radius 1 is 1.12 bits per heavy atom. The predicted octanol–water partition coefficient (Wildman–Crippen LogP) is 3.68. The Morgan fingerprint density at radius 3 is 2.65 bits per heavy atom. The highest BCUT2D eigenvalue weighted by molar-refractivity contribution is 6.24. The first-order valence-electron chi connectivity index (χ1n) is 10.5. The lowest BCUT2D eigenvalue weighted by molar-refractivity contribution is -0.140. The maximum atomic E-state index is 13.9. The molecule has 0 aliphatic carbocycles. The SMILES string of the molecule is COc1cc(C2=NOC3(C(=O)Nc4ccccc43)C2C(=O)c2ccccc2)ccc1OCC#N. The van der Waals surface area contributed by atoms with Crippen LogP contribution in [0, 0.1) is 17.2 Å². The number of nitriles is 1. The summed E-state index contributed by atoms with van der Waals surface area (Å²) in [5, 5.41) is 15.9. The van der Waals surface area contributed by atoms with Crippen molar-refractivity contribution in [1.82, 2.24) is 0 Å². The van der Waals surface area contributed by atoms with Crippen molar-refractivity contribution in [2.24, 2.45) is 11.1 Å². The normalized spacial score (nSPS) is 20.1. The van der Waals surface area contributed by atoms with Gasteiger partial charge in [0.2, 0.25) is 0 Å². The zero-order valence-electron chi connectivity index (χ0n) is 18.1. The number of rotatable bonds is 6. The fourth-order valence-corrected chi connectivity index (χ4v) is 4.40. The van der Waals surface area contributed by atoms with Crippen LogP contribution in [0.15, 0.2) is 78.0 Å². The van der Waals surface area contributed by atoms with E-state index in [1.165, 1.54) is 7.11 Å². The number of hydrogen-bond donors (Lipinski definition) is 1. The average Bonchev–Trinajstić information content (AvgIpc) is 3.41. The van der Waals surface area contributed by atoms with Crippen molar-refractivity contribution in [3.05, 3.63) is 89.5 Å². The summed E-state index contributed by atoms with van der Waals surface area (Å²) in [6.45, 7) is -0.144. The van der Waals surface area contributed by atoms with Crippen molar-refractivity contribution in [3.8, 4) is 17.6 Å². The number of Topliss-reactive ketones (excluding diaryl/α,β-unsaturated/α-hetero) is 1. The van der Waals surface area contributed by atoms with E-state index in [0.717, 1.165) is 0 Å². The van der Waals surface area contributed by atoms with E-state index in [2.05, 4.69) is 10.5 Å². The number of oxime groups is 1. The summed E-state index contributed by atoms with van der Waals surface area (Å²) in [7, 11) is 1.47. The zero-order valence-corrected chi connectivity index (χ0v) is 18.1. The number of carbonyl (C=O) groups excluding carboxylic acids is 2. The lowest BCUT2D eigenvalue weighted by Gasteiger charge is -2.26. The van der Waals surface area contributed by atoms with Gasteiger partial charge in [0.05, 0.1) is 7.11 Å². The van der Waals surface area contributed by atoms with Crippen molar-refractivity contribution in [2.75, 3.05) is 19.0 Å². The molecule has 3 aromatic carbocycles. The second-order valence-corrected chi connectivity index (χ2v) is 7.78. The Labute approximate surface area is 195 Å². The Balaban J connectivity index is 1.65. The van der Waals surface area contributed by atoms with Crippen molar-refractivity contribution in [1.29, 1.82) is 5.26 Å². The molecule has 2 heterocycles. The number of ketones is 1. The molecule has 8 heteroatoms. The third-order valence-electron chi connectivity index (χ3n) is 5.95. The molecule has 3 aromatic rings. The molecular formula is C26H19N3O5. The monoisotopic (exact) mass is 453 g/mol. The summed E-state index contributed by atoms with van der Waals surface area (Å²) in [6.07, 6.45) is 0. The summed E-state index contributed by atoms with van der Waals surface area (Å²) in [5.74, 6) is -1.07. The summed E-state index contributed by atoms with van der Waals surface area (Å²) in [6, 6.07) is 22.7. The Morgan fingerprint density at radius 2 is 1.88 bits per heavy atom. The number of hydrogen-bond acceptors (Lipinski definition) is 7. The summed E-state index contributed by atoms with van der Waals surface area (Å²) in [4.78, 5) is 33.1. The molecule has 34 heavy (non-hydrogen) atoms. The summed E-state index contributed by atoms with van der Waals surface area (Å²) >= 11 is 0. The number of para-hydroxylation sites is 1. The first-order valence-corrected chi connectivity index (χ1v) is 10.5. The number of ether oxygens (including phenoxy) is 2. The lowest BCUT2D eigenvalue weighted by Crippen LogP contribution is -2.46. The maximum absolute atomic E-state index is 13.9. The minimum atomic E-state index is -1.64. The molecule has 168 valence electrons. The number of anilines is 1. The fourth-order valence-electron chi connectivity index (χ4n) is 4.40. The minimum absolute atomic E-state index is 0.144. The molecule has 0 fully saturated rings. The molecular weight excluding hydrogens is 434 g/mol. The molecule has 2 aliphatic rings. The molecule has 2 aliphatic heterocycles. The van der Waals surface area contributed by atoms with E-state index in [-0.39, 0.29) is 12.4 Å². The van der Waals surface area contributed by atoms with Crippen LogP contribution in [-0.4, -0.2) is 31.1 Å². The number of methoxy groups -OCH3 is 1. The second-order valence-electron chi connectivity index (χ2n) is 7.78. The van der Waals surface area contributed by atoms with Crippen molar-refractivity contribution >= 4 is 23.1 Å². The van der Waals surface area contributed by atoms with E-state index < -0.39 is 17.4 Å². The third kappa shape index (κ3) is 3.18. The van der Waals surface area contributed by atoms with E-state index >= 15 is 0 Å². The third-order valence-corrected chi connectivity index (χ3v) is 5.95. The van der Waals surface area contributed by atoms with E-state index in [9.17, 15) is 9.59 Å². The molecule has 1 spiro atoms. The zero-order chi connectivity index (χ0) is 23.7. The van der Waals surface area contributed by atoms with Crippen LogP contribution in [0.25, 0.3) is 0 Å². The molecule has 1 amide bonds. The number of nitrogens with one attached hydrogen (secondary N) is 1. The number of fused-ring (bicyclic) bond motifs is 2. The Kier molecular flexibility index (Phi) is 5.22. The van der Waals surface area contributed by atoms with Crippen LogP contribution in [0.3, 0.4) is 0 Å². The van der Waals surface area contributed by atoms with Gasteiger partial charge in [-0.25, -0.2) is 0 Å². The Bertz CT molecular complexity index is 1360. The molecule has 5 rings (SSSR count). The van der Waals surface area contributed by atoms with Crippen LogP contribution in [0.4, 0.5) is 5.69 Å². The van der Waals surface area contributed by atoms with Gasteiger partial charge < -0.3 is 19.6 Å². The van der Waals surface area contributed by atoms with E-state index in [4.69, 9.17) is 19.6 Å². The molecule has 8 nitrogen and oxygen atoms in total. The molecule has 1 N–H and O–H groups in total. The Hall–Kier alpha value is -4.64. The smallest absolute Gasteiger partial charge is 0.277 e. The molecule has 0 aromatic heterocycles. The highest BCUT2D eigenvalue weighted by atomic mass is 16.7. The second kappa shape index (κ2) is 8.37. The van der Waals surface area contributed by atoms with E-state index in [0.29, 0.717) is 39.6 Å². The van der Waals surface area contributed by atoms with Crippen LogP contribution in [0.5, 0.6) is 11.5 Å². The molecule has 0 saturated carbocycles. The van der Waals surface area contributed by atoms with Crippen LogP contribution in [0.1, 0.15) is 21.5 Å². The van der Waals surface area contributed by atoms with Gasteiger partial charge in [0.1, 0.15) is 17.7 Å². The first-order chi connectivity index (χ1) is 16.6. The largest absolute Gasteiger partial charge is 0.493 e. The molecule has 2 unspecified atom stereocenters. The quantitative estimate of drug-likeness (QED) is 0.570. The van der Waals surface area contributed by atoms with Crippen LogP contribution in [-0.2, 0) is 15.2 Å². The number of nitrogens with zero attached hydrogens (tertiary/aromatic N) is 2. The van der Waals surface area contributed by atoms with Gasteiger partial charge in [0, 0.05) is 22.4 Å². The van der Waals surface area contributed by atoms with Crippen LogP contribution >= 0.6 is 0 Å². The van der Waals surface area contributed by atoms with Crippen molar-refractivity contribution in [2.45, 2.75) is 5.60 Å².